The fourth-order valence-electron chi connectivity index (χ4n) is 1.75. The van der Waals surface area contributed by atoms with E-state index in [0.717, 1.165) is 0 Å². The average molecular weight is 584 g/mol. The molecule has 0 amide bonds. The predicted molar refractivity (Wildman–Crippen MR) is 96.8 cm³/mol. The molecule has 0 radical (unpaired) electrons. The Morgan fingerprint density at radius 1 is 1.04 bits per heavy atom. The number of carbonyl (C=O) groups is 2. The molecule has 0 fully saturated rings. The van der Waals surface area contributed by atoms with Crippen LogP contribution in [0.4, 0.5) is 0 Å². The fraction of sp³-hybridized carbons (Fsp3) is 0.385. The summed E-state index contributed by atoms with van der Waals surface area (Å²) in [6.07, 6.45) is -1.94. The maximum Gasteiger partial charge on any atom is 0.340 e. The largest absolute Gasteiger partial charge is 0.478 e. The van der Waals surface area contributed by atoms with Gasteiger partial charge in [-0.15, -0.1) is 0 Å². The minimum atomic E-state index is -1.33. The monoisotopic (exact) mass is 580 g/mol. The third-order valence-corrected chi connectivity index (χ3v) is 7.66. The number of carbonyl (C=O) groups excluding carboxylic acids is 1. The number of aliphatic hydroxyl groups is 2. The summed E-state index contributed by atoms with van der Waals surface area (Å²) in [6, 6.07) is 0. The molecule has 0 saturated carbocycles. The van der Waals surface area contributed by atoms with Gasteiger partial charge in [0, 0.05) is 30.9 Å². The summed E-state index contributed by atoms with van der Waals surface area (Å²) in [5.41, 5.74) is -0.492. The van der Waals surface area contributed by atoms with Gasteiger partial charge in [0.2, 0.25) is 0 Å². The van der Waals surface area contributed by atoms with Gasteiger partial charge in [-0.05, 0) is 70.6 Å². The van der Waals surface area contributed by atoms with Crippen LogP contribution >= 0.6 is 63.7 Å². The summed E-state index contributed by atoms with van der Waals surface area (Å²) in [5, 5.41) is 28.0. The maximum absolute atomic E-state index is 12.4. The molecule has 23 heavy (non-hydrogen) atoms. The minimum Gasteiger partial charge on any atom is -0.478 e. The first-order valence-electron chi connectivity index (χ1n) is 6.22. The van der Waals surface area contributed by atoms with E-state index < -0.39 is 24.1 Å². The Morgan fingerprint density at radius 2 is 1.52 bits per heavy atom. The molecule has 10 heteroatoms. The molecule has 0 aliphatic heterocycles. The van der Waals surface area contributed by atoms with Crippen molar-refractivity contribution in [2.24, 2.45) is 0 Å². The zero-order chi connectivity index (χ0) is 17.9. The van der Waals surface area contributed by atoms with Crippen LogP contribution in [0.25, 0.3) is 0 Å². The quantitative estimate of drug-likeness (QED) is 0.268. The molecule has 0 heterocycles. The van der Waals surface area contributed by atoms with Crippen LogP contribution in [-0.2, 0) is 4.74 Å². The molecule has 1 rings (SSSR count). The molecule has 0 aliphatic rings. The van der Waals surface area contributed by atoms with Crippen molar-refractivity contribution in [1.82, 2.24) is 0 Å². The van der Waals surface area contributed by atoms with E-state index in [0.29, 0.717) is 8.95 Å². The molecule has 0 spiro atoms. The lowest BCUT2D eigenvalue weighted by Crippen LogP contribution is -2.31. The van der Waals surface area contributed by atoms with E-state index >= 15 is 0 Å². The first-order chi connectivity index (χ1) is 10.6. The van der Waals surface area contributed by atoms with Crippen molar-refractivity contribution in [2.75, 3.05) is 6.61 Å². The molecule has 0 aliphatic carbocycles. The van der Waals surface area contributed by atoms with Crippen molar-refractivity contribution in [3.05, 3.63) is 29.0 Å². The van der Waals surface area contributed by atoms with E-state index in [9.17, 15) is 19.8 Å². The molecule has 6 nitrogen and oxygen atoms in total. The second-order valence-electron chi connectivity index (χ2n) is 4.51. The number of halogens is 4. The highest BCUT2D eigenvalue weighted by molar-refractivity contribution is 9.15. The number of carboxylic acids is 1. The summed E-state index contributed by atoms with van der Waals surface area (Å²) < 4.78 is 6.37. The zero-order valence-corrected chi connectivity index (χ0v) is 18.0. The highest BCUT2D eigenvalue weighted by Gasteiger charge is 2.31. The van der Waals surface area contributed by atoms with Crippen LogP contribution in [0.3, 0.4) is 0 Å². The van der Waals surface area contributed by atoms with E-state index in [1.165, 1.54) is 6.92 Å². The van der Waals surface area contributed by atoms with Gasteiger partial charge >= 0.3 is 11.9 Å². The average Bonchev–Trinajstić information content (AvgIpc) is 2.47. The Labute approximate surface area is 165 Å². The number of hydrogen-bond donors (Lipinski definition) is 3. The van der Waals surface area contributed by atoms with E-state index in [-0.39, 0.29) is 33.1 Å². The summed E-state index contributed by atoms with van der Waals surface area (Å²) in [5.74, 6) is -2.25. The van der Waals surface area contributed by atoms with Crippen molar-refractivity contribution < 1.29 is 29.6 Å². The topological polar surface area (TPSA) is 104 Å². The molecular weight excluding hydrogens is 572 g/mol. The van der Waals surface area contributed by atoms with Gasteiger partial charge in [0.05, 0.1) is 17.2 Å². The Kier molecular flexibility index (Phi) is 8.15. The first-order valence-corrected chi connectivity index (χ1v) is 9.39. The Morgan fingerprint density at radius 3 is 1.91 bits per heavy atom. The number of hydrogen-bond acceptors (Lipinski definition) is 5. The number of carboxylic acid groups (broad SMARTS) is 1. The van der Waals surface area contributed by atoms with Crippen LogP contribution in [0.5, 0.6) is 0 Å². The molecule has 1 aromatic rings. The van der Waals surface area contributed by atoms with E-state index in [1.807, 2.05) is 0 Å². The summed E-state index contributed by atoms with van der Waals surface area (Å²) >= 11 is 12.8. The predicted octanol–water partition coefficient (Wildman–Crippen LogP) is 3.72. The Balaban J connectivity index is 3.41. The van der Waals surface area contributed by atoms with Crippen molar-refractivity contribution in [3.63, 3.8) is 0 Å². The lowest BCUT2D eigenvalue weighted by molar-refractivity contribution is -0.0208. The van der Waals surface area contributed by atoms with Gasteiger partial charge in [-0.2, -0.15) is 0 Å². The number of benzene rings is 1. The van der Waals surface area contributed by atoms with Gasteiger partial charge in [-0.25, -0.2) is 9.59 Å². The van der Waals surface area contributed by atoms with Gasteiger partial charge in [0.1, 0.15) is 6.10 Å². The molecule has 2 atom stereocenters. The second kappa shape index (κ2) is 8.91. The van der Waals surface area contributed by atoms with Gasteiger partial charge in [0.15, 0.2) is 0 Å². The van der Waals surface area contributed by atoms with E-state index in [4.69, 9.17) is 9.84 Å². The normalized spacial score (nSPS) is 13.5. The van der Waals surface area contributed by atoms with Crippen LogP contribution in [0, 0.1) is 0 Å². The van der Waals surface area contributed by atoms with Gasteiger partial charge in [-0.3, -0.25) is 0 Å². The van der Waals surface area contributed by atoms with Crippen LogP contribution < -0.4 is 0 Å². The SMILES string of the molecule is CC(O)C(CCO)OC(=O)c1c(Br)c(Br)c(Br)c(Br)c1C(=O)O. The van der Waals surface area contributed by atoms with Gasteiger partial charge in [-0.1, -0.05) is 0 Å². The highest BCUT2D eigenvalue weighted by atomic mass is 79.9. The minimum absolute atomic E-state index is 0.0301. The van der Waals surface area contributed by atoms with Gasteiger partial charge in [0.25, 0.3) is 0 Å². The van der Waals surface area contributed by atoms with Crippen LogP contribution in [0.2, 0.25) is 0 Å². The molecule has 128 valence electrons. The van der Waals surface area contributed by atoms with E-state index in [2.05, 4.69) is 63.7 Å². The molecule has 0 saturated heterocycles. The van der Waals surface area contributed by atoms with Crippen LogP contribution in [0.15, 0.2) is 17.9 Å². The highest BCUT2D eigenvalue weighted by Crippen LogP contribution is 2.42. The van der Waals surface area contributed by atoms with Crippen molar-refractivity contribution in [1.29, 1.82) is 0 Å². The zero-order valence-electron chi connectivity index (χ0n) is 11.6. The number of ether oxygens (including phenoxy) is 1. The number of aliphatic hydroxyl groups excluding tert-OH is 2. The third kappa shape index (κ3) is 4.76. The number of esters is 1. The summed E-state index contributed by atoms with van der Waals surface area (Å²) in [4.78, 5) is 24.0. The third-order valence-electron chi connectivity index (χ3n) is 2.90. The lowest BCUT2D eigenvalue weighted by Gasteiger charge is -2.21. The first kappa shape index (κ1) is 21.0. The molecule has 3 N–H and O–H groups in total. The molecular formula is C13H12Br4O6. The fourth-order valence-corrected chi connectivity index (χ4v) is 4.20. The van der Waals surface area contributed by atoms with Crippen molar-refractivity contribution in [3.8, 4) is 0 Å². The Bertz CT molecular complexity index is 632. The smallest absolute Gasteiger partial charge is 0.340 e. The van der Waals surface area contributed by atoms with Crippen molar-refractivity contribution in [2.45, 2.75) is 25.6 Å². The number of aromatic carboxylic acids is 1. The van der Waals surface area contributed by atoms with E-state index in [1.54, 1.807) is 0 Å². The summed E-state index contributed by atoms with van der Waals surface area (Å²) in [7, 11) is 0. The maximum atomic E-state index is 12.4. The van der Waals surface area contributed by atoms with Gasteiger partial charge < -0.3 is 20.1 Å². The van der Waals surface area contributed by atoms with Crippen molar-refractivity contribution >= 4 is 75.7 Å². The Hall–Kier alpha value is -0.000000000000000222. The lowest BCUT2D eigenvalue weighted by atomic mass is 10.1. The molecule has 1 aromatic carbocycles. The molecule has 0 bridgehead atoms. The molecule has 2 unspecified atom stereocenters. The standard InChI is InChI=1S/C13H12Br4O6/c1-4(19)5(2-3-18)23-13(22)7-6(12(20)21)8(14)10(16)11(17)9(7)15/h4-5,18-19H,2-3H2,1H3,(H,20,21). The number of rotatable bonds is 6. The van der Waals surface area contributed by atoms with Crippen LogP contribution in [0.1, 0.15) is 34.1 Å². The molecule has 0 aromatic heterocycles. The second-order valence-corrected chi connectivity index (χ2v) is 7.68. The van der Waals surface area contributed by atoms with Crippen LogP contribution in [-0.4, -0.2) is 46.1 Å². The summed E-state index contributed by atoms with van der Waals surface area (Å²) in [6.45, 7) is 1.12.